The molecule has 0 saturated heterocycles. The summed E-state index contributed by atoms with van der Waals surface area (Å²) in [7, 11) is 1.45. The Balaban J connectivity index is 2.36. The minimum absolute atomic E-state index is 0.138. The molecule has 0 heterocycles. The van der Waals surface area contributed by atoms with Crippen LogP contribution in [0.15, 0.2) is 0 Å². The Kier molecular flexibility index (Phi) is 5.44. The van der Waals surface area contributed by atoms with Crippen molar-refractivity contribution < 1.29 is 9.53 Å². The largest absolute Gasteiger partial charge is 0.469 e. The van der Waals surface area contributed by atoms with Gasteiger partial charge in [0.25, 0.3) is 0 Å². The molecule has 0 unspecified atom stereocenters. The van der Waals surface area contributed by atoms with Crippen LogP contribution in [0.3, 0.4) is 0 Å². The summed E-state index contributed by atoms with van der Waals surface area (Å²) in [6.45, 7) is 6.79. The lowest BCUT2D eigenvalue weighted by Crippen LogP contribution is -2.43. The molecule has 1 fully saturated rings. The van der Waals surface area contributed by atoms with E-state index in [0.29, 0.717) is 12.6 Å². The predicted octanol–water partition coefficient (Wildman–Crippen LogP) is 2.74. The summed E-state index contributed by atoms with van der Waals surface area (Å²) in [6, 6.07) is 0.499. The van der Waals surface area contributed by atoms with Gasteiger partial charge in [-0.2, -0.15) is 0 Å². The number of esters is 1. The second-order valence-corrected chi connectivity index (χ2v) is 5.94. The summed E-state index contributed by atoms with van der Waals surface area (Å²) in [5.74, 6) is 0.637. The van der Waals surface area contributed by atoms with E-state index in [1.165, 1.54) is 39.2 Å². The van der Waals surface area contributed by atoms with E-state index in [9.17, 15) is 4.79 Å². The number of hydrogen-bond acceptors (Lipinski definition) is 3. The van der Waals surface area contributed by atoms with Crippen molar-refractivity contribution in [3.8, 4) is 0 Å². The van der Waals surface area contributed by atoms with E-state index in [0.717, 1.165) is 5.92 Å². The van der Waals surface area contributed by atoms with Crippen LogP contribution in [0.4, 0.5) is 0 Å². The molecule has 0 aromatic rings. The highest BCUT2D eigenvalue weighted by Crippen LogP contribution is 2.27. The molecule has 1 aliphatic rings. The molecular formula is C14H27NO2. The fourth-order valence-electron chi connectivity index (χ4n) is 2.57. The second-order valence-electron chi connectivity index (χ2n) is 5.94. The monoisotopic (exact) mass is 241 g/mol. The maximum atomic E-state index is 11.6. The van der Waals surface area contributed by atoms with Gasteiger partial charge in [-0.1, -0.05) is 19.3 Å². The van der Waals surface area contributed by atoms with Gasteiger partial charge in [0.15, 0.2) is 0 Å². The normalized spacial score (nSPS) is 20.0. The average Bonchev–Trinajstić information content (AvgIpc) is 2.36. The average molecular weight is 241 g/mol. The third-order valence-corrected chi connectivity index (χ3v) is 3.96. The van der Waals surface area contributed by atoms with Crippen LogP contribution in [0.2, 0.25) is 0 Å². The van der Waals surface area contributed by atoms with E-state index in [1.807, 2.05) is 13.8 Å². The molecule has 0 amide bonds. The third kappa shape index (κ3) is 4.30. The summed E-state index contributed by atoms with van der Waals surface area (Å²) < 4.78 is 4.81. The lowest BCUT2D eigenvalue weighted by Gasteiger charge is -2.31. The molecule has 1 aliphatic carbocycles. The SMILES string of the molecule is COC(=O)C(C)(C)CN[C@H](C)C1CCCCC1. The van der Waals surface area contributed by atoms with Gasteiger partial charge in [0, 0.05) is 12.6 Å². The number of methoxy groups -OCH3 is 1. The van der Waals surface area contributed by atoms with Gasteiger partial charge < -0.3 is 10.1 Å². The summed E-state index contributed by atoms with van der Waals surface area (Å²) in [6.07, 6.45) is 6.75. The molecule has 1 saturated carbocycles. The van der Waals surface area contributed by atoms with Crippen LogP contribution < -0.4 is 5.32 Å². The van der Waals surface area contributed by atoms with Gasteiger partial charge in [-0.05, 0) is 39.5 Å². The molecule has 0 aromatic heterocycles. The van der Waals surface area contributed by atoms with E-state index in [-0.39, 0.29) is 5.97 Å². The lowest BCUT2D eigenvalue weighted by atomic mass is 9.84. The van der Waals surface area contributed by atoms with Crippen molar-refractivity contribution in [2.75, 3.05) is 13.7 Å². The van der Waals surface area contributed by atoms with Gasteiger partial charge in [0.05, 0.1) is 12.5 Å². The summed E-state index contributed by atoms with van der Waals surface area (Å²) >= 11 is 0. The van der Waals surface area contributed by atoms with Crippen molar-refractivity contribution >= 4 is 5.97 Å². The number of nitrogens with one attached hydrogen (secondary N) is 1. The minimum Gasteiger partial charge on any atom is -0.469 e. The molecule has 1 rings (SSSR count). The molecule has 3 heteroatoms. The second kappa shape index (κ2) is 6.39. The molecule has 0 aromatic carbocycles. The minimum atomic E-state index is -0.433. The quantitative estimate of drug-likeness (QED) is 0.752. The summed E-state index contributed by atoms with van der Waals surface area (Å²) in [5, 5.41) is 3.51. The molecule has 0 aliphatic heterocycles. The maximum Gasteiger partial charge on any atom is 0.312 e. The van der Waals surface area contributed by atoms with E-state index in [4.69, 9.17) is 4.74 Å². The number of carbonyl (C=O) groups is 1. The number of hydrogen-bond donors (Lipinski definition) is 1. The van der Waals surface area contributed by atoms with Crippen LogP contribution in [-0.4, -0.2) is 25.7 Å². The van der Waals surface area contributed by atoms with Gasteiger partial charge in [-0.15, -0.1) is 0 Å². The van der Waals surface area contributed by atoms with Crippen LogP contribution in [0.5, 0.6) is 0 Å². The molecule has 3 nitrogen and oxygen atoms in total. The van der Waals surface area contributed by atoms with Gasteiger partial charge in [-0.25, -0.2) is 0 Å². The highest BCUT2D eigenvalue weighted by Gasteiger charge is 2.30. The first-order valence-electron chi connectivity index (χ1n) is 6.79. The molecular weight excluding hydrogens is 214 g/mol. The fourth-order valence-corrected chi connectivity index (χ4v) is 2.57. The van der Waals surface area contributed by atoms with Crippen LogP contribution in [0.1, 0.15) is 52.9 Å². The Bertz CT molecular complexity index is 245. The van der Waals surface area contributed by atoms with E-state index in [2.05, 4.69) is 12.2 Å². The zero-order valence-electron chi connectivity index (χ0n) is 11.7. The Hall–Kier alpha value is -0.570. The van der Waals surface area contributed by atoms with E-state index < -0.39 is 5.41 Å². The molecule has 1 atom stereocenters. The van der Waals surface area contributed by atoms with Crippen molar-refractivity contribution in [2.24, 2.45) is 11.3 Å². The van der Waals surface area contributed by atoms with Crippen LogP contribution in [0, 0.1) is 11.3 Å². The van der Waals surface area contributed by atoms with Crippen molar-refractivity contribution in [3.05, 3.63) is 0 Å². The Morgan fingerprint density at radius 1 is 1.35 bits per heavy atom. The van der Waals surface area contributed by atoms with Gasteiger partial charge >= 0.3 is 5.97 Å². The first-order valence-corrected chi connectivity index (χ1v) is 6.79. The molecule has 100 valence electrons. The molecule has 1 N–H and O–H groups in total. The van der Waals surface area contributed by atoms with Crippen molar-refractivity contribution in [3.63, 3.8) is 0 Å². The summed E-state index contributed by atoms with van der Waals surface area (Å²) in [5.41, 5.74) is -0.433. The van der Waals surface area contributed by atoms with Crippen LogP contribution >= 0.6 is 0 Å². The molecule has 0 spiro atoms. The van der Waals surface area contributed by atoms with Crippen molar-refractivity contribution in [1.82, 2.24) is 5.32 Å². The topological polar surface area (TPSA) is 38.3 Å². The highest BCUT2D eigenvalue weighted by atomic mass is 16.5. The van der Waals surface area contributed by atoms with Crippen molar-refractivity contribution in [2.45, 2.75) is 58.9 Å². The smallest absolute Gasteiger partial charge is 0.312 e. The van der Waals surface area contributed by atoms with E-state index >= 15 is 0 Å². The Morgan fingerprint density at radius 3 is 2.47 bits per heavy atom. The Morgan fingerprint density at radius 2 is 1.94 bits per heavy atom. The zero-order valence-corrected chi connectivity index (χ0v) is 11.7. The van der Waals surface area contributed by atoms with Gasteiger partial charge in [-0.3, -0.25) is 4.79 Å². The Labute approximate surface area is 105 Å². The van der Waals surface area contributed by atoms with Gasteiger partial charge in [0.1, 0.15) is 0 Å². The summed E-state index contributed by atoms with van der Waals surface area (Å²) in [4.78, 5) is 11.6. The highest BCUT2D eigenvalue weighted by molar-refractivity contribution is 5.76. The predicted molar refractivity (Wildman–Crippen MR) is 69.8 cm³/mol. The zero-order chi connectivity index (χ0) is 12.9. The lowest BCUT2D eigenvalue weighted by molar-refractivity contribution is -0.150. The molecule has 17 heavy (non-hydrogen) atoms. The standard InChI is InChI=1S/C14H27NO2/c1-11(12-8-6-5-7-9-12)15-10-14(2,3)13(16)17-4/h11-12,15H,5-10H2,1-4H3/t11-/m1/s1. The van der Waals surface area contributed by atoms with Crippen molar-refractivity contribution in [1.29, 1.82) is 0 Å². The number of rotatable bonds is 5. The van der Waals surface area contributed by atoms with Gasteiger partial charge in [0.2, 0.25) is 0 Å². The van der Waals surface area contributed by atoms with Crippen LogP contribution in [-0.2, 0) is 9.53 Å². The first kappa shape index (κ1) is 14.5. The number of ether oxygens (including phenoxy) is 1. The molecule has 0 bridgehead atoms. The molecule has 0 radical (unpaired) electrons. The maximum absolute atomic E-state index is 11.6. The van der Waals surface area contributed by atoms with E-state index in [1.54, 1.807) is 0 Å². The first-order chi connectivity index (χ1) is 7.97. The number of carbonyl (C=O) groups excluding carboxylic acids is 1. The fraction of sp³-hybridized carbons (Fsp3) is 0.929. The van der Waals surface area contributed by atoms with Crippen LogP contribution in [0.25, 0.3) is 0 Å². The third-order valence-electron chi connectivity index (χ3n) is 3.96.